The van der Waals surface area contributed by atoms with Crippen LogP contribution >= 0.6 is 11.8 Å². The van der Waals surface area contributed by atoms with Crippen molar-refractivity contribution >= 4 is 23.8 Å². The maximum atomic E-state index is 12.4. The number of aromatic nitrogens is 1. The number of nitrogens with one attached hydrogen (secondary N) is 2. The molecule has 0 aromatic carbocycles. The number of rotatable bonds is 6. The van der Waals surface area contributed by atoms with Crippen molar-refractivity contribution in [2.24, 2.45) is 0 Å². The Morgan fingerprint density at radius 2 is 2.00 bits per heavy atom. The molecule has 1 aliphatic heterocycles. The first kappa shape index (κ1) is 20.8. The first-order valence-corrected chi connectivity index (χ1v) is 9.80. The lowest BCUT2D eigenvalue weighted by Gasteiger charge is -2.28. The summed E-state index contributed by atoms with van der Waals surface area (Å²) in [5, 5.41) is 15.6. The molecule has 27 heavy (non-hydrogen) atoms. The monoisotopic (exact) mass is 388 g/mol. The van der Waals surface area contributed by atoms with Crippen molar-refractivity contribution in [3.8, 4) is 6.07 Å². The van der Waals surface area contributed by atoms with Gasteiger partial charge in [-0.05, 0) is 45.2 Å². The van der Waals surface area contributed by atoms with E-state index in [9.17, 15) is 14.9 Å². The quantitative estimate of drug-likeness (QED) is 0.574. The second-order valence-corrected chi connectivity index (χ2v) is 7.16. The number of hydrogen-bond donors (Lipinski definition) is 2. The minimum Gasteiger partial charge on any atom is -0.463 e. The lowest BCUT2D eigenvalue weighted by Crippen LogP contribution is -2.50. The summed E-state index contributed by atoms with van der Waals surface area (Å²) >= 11 is 1.33. The largest absolute Gasteiger partial charge is 0.463 e. The fourth-order valence-corrected chi connectivity index (χ4v) is 3.92. The molecule has 7 nitrogen and oxygen atoms in total. The van der Waals surface area contributed by atoms with E-state index in [0.717, 1.165) is 16.8 Å². The fraction of sp³-hybridized carbons (Fsp3) is 0.474. The predicted molar refractivity (Wildman–Crippen MR) is 103 cm³/mol. The molecule has 0 radical (unpaired) electrons. The van der Waals surface area contributed by atoms with Gasteiger partial charge >= 0.3 is 12.0 Å². The Morgan fingerprint density at radius 3 is 2.59 bits per heavy atom. The molecule has 0 saturated heterocycles. The number of urea groups is 1. The summed E-state index contributed by atoms with van der Waals surface area (Å²) in [7, 11) is 0. The van der Waals surface area contributed by atoms with Gasteiger partial charge in [0.25, 0.3) is 0 Å². The molecule has 2 rings (SSSR count). The Kier molecular flexibility index (Phi) is 6.86. The molecule has 0 bridgehead atoms. The summed E-state index contributed by atoms with van der Waals surface area (Å²) in [4.78, 5) is 28.9. The molecule has 0 saturated carbocycles. The highest BCUT2D eigenvalue weighted by molar-refractivity contribution is 7.99. The molecule has 144 valence electrons. The molecule has 0 spiro atoms. The first-order chi connectivity index (χ1) is 12.8. The van der Waals surface area contributed by atoms with E-state index >= 15 is 0 Å². The highest BCUT2D eigenvalue weighted by Gasteiger charge is 2.31. The Morgan fingerprint density at radius 1 is 1.30 bits per heavy atom. The fourth-order valence-electron chi connectivity index (χ4n) is 2.86. The van der Waals surface area contributed by atoms with E-state index in [-0.39, 0.29) is 12.6 Å². The van der Waals surface area contributed by atoms with Crippen LogP contribution in [0.4, 0.5) is 4.79 Å². The van der Waals surface area contributed by atoms with Crippen LogP contribution in [0.15, 0.2) is 16.3 Å². The standard InChI is InChI=1S/C19H24N4O3S/c1-6-14-16(18(24)26-7-2)15(23-19(25)22-14)9-27-17-13(8-20)11(4)10(3)12(5)21-17/h14H,6-7,9H2,1-5H3,(H2,22,23,25). The van der Waals surface area contributed by atoms with Crippen molar-refractivity contribution < 1.29 is 14.3 Å². The van der Waals surface area contributed by atoms with Crippen LogP contribution in [0.25, 0.3) is 0 Å². The molecule has 1 unspecified atom stereocenters. The topological polar surface area (TPSA) is 104 Å². The van der Waals surface area contributed by atoms with Crippen LogP contribution in [0, 0.1) is 32.1 Å². The highest BCUT2D eigenvalue weighted by Crippen LogP contribution is 2.29. The molecule has 0 fully saturated rings. The maximum absolute atomic E-state index is 12.4. The lowest BCUT2D eigenvalue weighted by molar-refractivity contribution is -0.139. The number of esters is 1. The average Bonchev–Trinajstić information content (AvgIpc) is 2.64. The number of carbonyl (C=O) groups excluding carboxylic acids is 2. The molecule has 1 aliphatic rings. The number of aryl methyl sites for hydroxylation is 1. The zero-order valence-electron chi connectivity index (χ0n) is 16.2. The van der Waals surface area contributed by atoms with E-state index in [1.165, 1.54) is 11.8 Å². The Labute approximate surface area is 163 Å². The zero-order chi connectivity index (χ0) is 20.1. The molecule has 8 heteroatoms. The highest BCUT2D eigenvalue weighted by atomic mass is 32.2. The van der Waals surface area contributed by atoms with E-state index in [0.29, 0.717) is 34.0 Å². The van der Waals surface area contributed by atoms with Gasteiger partial charge < -0.3 is 15.4 Å². The minimum absolute atomic E-state index is 0.254. The summed E-state index contributed by atoms with van der Waals surface area (Å²) < 4.78 is 5.16. The van der Waals surface area contributed by atoms with Gasteiger partial charge in [0.15, 0.2) is 0 Å². The first-order valence-electron chi connectivity index (χ1n) is 8.82. The van der Waals surface area contributed by atoms with Crippen LogP contribution in [-0.2, 0) is 9.53 Å². The maximum Gasteiger partial charge on any atom is 0.337 e. The molecular formula is C19H24N4O3S. The van der Waals surface area contributed by atoms with E-state index in [2.05, 4.69) is 21.7 Å². The molecule has 1 atom stereocenters. The Balaban J connectivity index is 2.40. The second-order valence-electron chi connectivity index (χ2n) is 6.20. The number of pyridine rings is 1. The van der Waals surface area contributed by atoms with Crippen molar-refractivity contribution in [3.05, 3.63) is 33.7 Å². The summed E-state index contributed by atoms with van der Waals surface area (Å²) in [5.41, 5.74) is 4.18. The third kappa shape index (κ3) is 4.42. The SMILES string of the molecule is CCOC(=O)C1=C(CSc2nc(C)c(C)c(C)c2C#N)NC(=O)NC1CC. The average molecular weight is 388 g/mol. The molecule has 2 heterocycles. The van der Waals surface area contributed by atoms with Gasteiger partial charge in [0.1, 0.15) is 11.1 Å². The van der Waals surface area contributed by atoms with Gasteiger partial charge in [0, 0.05) is 17.1 Å². The van der Waals surface area contributed by atoms with E-state index in [4.69, 9.17) is 4.74 Å². The van der Waals surface area contributed by atoms with Gasteiger partial charge in [-0.25, -0.2) is 14.6 Å². The minimum atomic E-state index is -0.447. The van der Waals surface area contributed by atoms with Gasteiger partial charge in [0.2, 0.25) is 0 Å². The molecule has 2 N–H and O–H groups in total. The van der Waals surface area contributed by atoms with Crippen molar-refractivity contribution in [2.45, 2.75) is 52.1 Å². The number of hydrogen-bond acceptors (Lipinski definition) is 6. The Bertz CT molecular complexity index is 842. The number of thioether (sulfide) groups is 1. The van der Waals surface area contributed by atoms with Crippen molar-refractivity contribution in [1.29, 1.82) is 5.26 Å². The zero-order valence-corrected chi connectivity index (χ0v) is 17.0. The lowest BCUT2D eigenvalue weighted by atomic mass is 10.0. The third-order valence-corrected chi connectivity index (χ3v) is 5.58. The third-order valence-electron chi connectivity index (χ3n) is 4.58. The number of ether oxygens (including phenoxy) is 1. The van der Waals surface area contributed by atoms with Crippen LogP contribution < -0.4 is 10.6 Å². The normalized spacial score (nSPS) is 16.4. The summed E-state index contributed by atoms with van der Waals surface area (Å²) in [6.07, 6.45) is 0.570. The van der Waals surface area contributed by atoms with E-state index in [1.807, 2.05) is 27.7 Å². The van der Waals surface area contributed by atoms with Crippen molar-refractivity contribution in [3.63, 3.8) is 0 Å². The van der Waals surface area contributed by atoms with Crippen LogP contribution in [-0.4, -0.2) is 35.4 Å². The van der Waals surface area contributed by atoms with Gasteiger partial charge in [0.05, 0.1) is 23.8 Å². The summed E-state index contributed by atoms with van der Waals surface area (Å²) in [6, 6.07) is 1.46. The van der Waals surface area contributed by atoms with Crippen molar-refractivity contribution in [2.75, 3.05) is 12.4 Å². The number of nitrogens with zero attached hydrogens (tertiary/aromatic N) is 2. The molecular weight excluding hydrogens is 364 g/mol. The van der Waals surface area contributed by atoms with Crippen LogP contribution in [0.2, 0.25) is 0 Å². The van der Waals surface area contributed by atoms with Gasteiger partial charge in [-0.1, -0.05) is 18.7 Å². The predicted octanol–water partition coefficient (Wildman–Crippen LogP) is 2.88. The number of carbonyl (C=O) groups is 2. The van der Waals surface area contributed by atoms with Crippen LogP contribution in [0.1, 0.15) is 42.7 Å². The van der Waals surface area contributed by atoms with Crippen molar-refractivity contribution in [1.82, 2.24) is 15.6 Å². The van der Waals surface area contributed by atoms with E-state index in [1.54, 1.807) is 6.92 Å². The molecule has 1 aromatic heterocycles. The van der Waals surface area contributed by atoms with Gasteiger partial charge in [-0.15, -0.1) is 0 Å². The summed E-state index contributed by atoms with van der Waals surface area (Å²) in [5.74, 6) is -0.140. The van der Waals surface area contributed by atoms with Crippen LogP contribution in [0.3, 0.4) is 0 Å². The van der Waals surface area contributed by atoms with Gasteiger partial charge in [-0.3, -0.25) is 0 Å². The smallest absolute Gasteiger partial charge is 0.337 e. The summed E-state index contributed by atoms with van der Waals surface area (Å²) in [6.45, 7) is 9.62. The van der Waals surface area contributed by atoms with Crippen LogP contribution in [0.5, 0.6) is 0 Å². The second kappa shape index (κ2) is 8.91. The number of nitriles is 1. The van der Waals surface area contributed by atoms with E-state index < -0.39 is 12.0 Å². The Hall–Kier alpha value is -2.53. The molecule has 2 amide bonds. The van der Waals surface area contributed by atoms with Gasteiger partial charge in [-0.2, -0.15) is 5.26 Å². The molecule has 1 aromatic rings. The molecule has 0 aliphatic carbocycles. The number of amides is 2.